The van der Waals surface area contributed by atoms with E-state index in [1.54, 1.807) is 32.9 Å². The Hall–Kier alpha value is -2.80. The topological polar surface area (TPSA) is 99.7 Å². The van der Waals surface area contributed by atoms with E-state index in [0.717, 1.165) is 6.08 Å². The van der Waals surface area contributed by atoms with Crippen molar-refractivity contribution in [3.8, 4) is 0 Å². The Balaban J connectivity index is 3.06. The zero-order chi connectivity index (χ0) is 18.3. The van der Waals surface area contributed by atoms with Crippen molar-refractivity contribution in [3.05, 3.63) is 43.5 Å². The van der Waals surface area contributed by atoms with Gasteiger partial charge in [0.25, 0.3) is 0 Å². The maximum Gasteiger partial charge on any atom is 0.412 e. The molecule has 2 amide bonds. The molecule has 0 heterocycles. The Morgan fingerprint density at radius 3 is 2.42 bits per heavy atom. The first-order valence-electron chi connectivity index (χ1n) is 7.29. The first kappa shape index (κ1) is 19.2. The van der Waals surface area contributed by atoms with E-state index >= 15 is 0 Å². The molecule has 0 aliphatic rings. The minimum atomic E-state index is -1.00. The summed E-state index contributed by atoms with van der Waals surface area (Å²) in [4.78, 5) is 23.4. The third-order valence-electron chi connectivity index (χ3n) is 2.63. The fourth-order valence-corrected chi connectivity index (χ4v) is 1.68. The van der Waals surface area contributed by atoms with Crippen LogP contribution in [0.25, 0.3) is 0 Å². The lowest BCUT2D eigenvalue weighted by atomic mass is 10.2. The summed E-state index contributed by atoms with van der Waals surface area (Å²) in [6.45, 7) is 12.1. The number of amides is 2. The highest BCUT2D eigenvalue weighted by molar-refractivity contribution is 6.00. The Morgan fingerprint density at radius 2 is 1.88 bits per heavy atom. The van der Waals surface area contributed by atoms with Crippen LogP contribution in [-0.4, -0.2) is 28.9 Å². The van der Waals surface area contributed by atoms with E-state index in [1.165, 1.54) is 12.1 Å². The van der Waals surface area contributed by atoms with E-state index in [2.05, 4.69) is 29.1 Å². The van der Waals surface area contributed by atoms with Crippen molar-refractivity contribution in [2.24, 2.45) is 0 Å². The van der Waals surface area contributed by atoms with E-state index in [9.17, 15) is 14.7 Å². The van der Waals surface area contributed by atoms with Gasteiger partial charge >= 0.3 is 6.09 Å². The standard InChI is InChI=1S/C17H23N3O4/c1-6-14(21)18-11-8-9-12(19-15(22)7-2)13(10-11)20-16(23)24-17(3,4)5/h6-10,15,19,22H,1-2H2,3-5H3,(H,18,21)(H,20,23). The van der Waals surface area contributed by atoms with Gasteiger partial charge in [0.1, 0.15) is 11.8 Å². The third kappa shape index (κ3) is 6.53. The van der Waals surface area contributed by atoms with Crippen molar-refractivity contribution < 1.29 is 19.4 Å². The largest absolute Gasteiger partial charge is 0.444 e. The second-order valence-electron chi connectivity index (χ2n) is 5.91. The number of carbonyl (C=O) groups is 2. The fraction of sp³-hybridized carbons (Fsp3) is 0.294. The number of aliphatic hydroxyl groups excluding tert-OH is 1. The van der Waals surface area contributed by atoms with E-state index in [1.807, 2.05) is 0 Å². The van der Waals surface area contributed by atoms with Gasteiger partial charge in [0.15, 0.2) is 0 Å². The van der Waals surface area contributed by atoms with Gasteiger partial charge in [-0.15, -0.1) is 0 Å². The summed E-state index contributed by atoms with van der Waals surface area (Å²) in [5, 5.41) is 17.6. The van der Waals surface area contributed by atoms with E-state index < -0.39 is 17.9 Å². The lowest BCUT2D eigenvalue weighted by Crippen LogP contribution is -2.28. The molecule has 0 saturated carbocycles. The van der Waals surface area contributed by atoms with Gasteiger partial charge in [-0.2, -0.15) is 0 Å². The lowest BCUT2D eigenvalue weighted by molar-refractivity contribution is -0.111. The zero-order valence-corrected chi connectivity index (χ0v) is 14.1. The highest BCUT2D eigenvalue weighted by Crippen LogP contribution is 2.27. The number of hydrogen-bond acceptors (Lipinski definition) is 5. The van der Waals surface area contributed by atoms with Crippen LogP contribution in [0.15, 0.2) is 43.5 Å². The molecule has 0 spiro atoms. The smallest absolute Gasteiger partial charge is 0.412 e. The Kier molecular flexibility index (Phi) is 6.55. The molecule has 0 aliphatic carbocycles. The highest BCUT2D eigenvalue weighted by Gasteiger charge is 2.18. The number of ether oxygens (including phenoxy) is 1. The Labute approximate surface area is 141 Å². The monoisotopic (exact) mass is 333 g/mol. The predicted molar refractivity (Wildman–Crippen MR) is 95.0 cm³/mol. The zero-order valence-electron chi connectivity index (χ0n) is 14.1. The molecule has 7 heteroatoms. The maximum absolute atomic E-state index is 12.0. The summed E-state index contributed by atoms with van der Waals surface area (Å²) in [6, 6.07) is 4.74. The molecule has 1 aromatic carbocycles. The van der Waals surface area contributed by atoms with Crippen molar-refractivity contribution >= 4 is 29.1 Å². The van der Waals surface area contributed by atoms with Crippen molar-refractivity contribution in [2.45, 2.75) is 32.6 Å². The first-order valence-corrected chi connectivity index (χ1v) is 7.29. The summed E-state index contributed by atoms with van der Waals surface area (Å²) in [5.74, 6) is -0.384. The lowest BCUT2D eigenvalue weighted by Gasteiger charge is -2.21. The first-order chi connectivity index (χ1) is 11.1. The number of benzene rings is 1. The molecule has 1 rings (SSSR count). The van der Waals surface area contributed by atoms with Gasteiger partial charge < -0.3 is 20.5 Å². The van der Waals surface area contributed by atoms with Gasteiger partial charge in [0.2, 0.25) is 5.91 Å². The minimum absolute atomic E-state index is 0.326. The molecule has 0 fully saturated rings. The van der Waals surface area contributed by atoms with Crippen LogP contribution in [0.3, 0.4) is 0 Å². The molecular formula is C17H23N3O4. The number of nitrogens with one attached hydrogen (secondary N) is 3. The molecule has 0 aliphatic heterocycles. The van der Waals surface area contributed by atoms with Crippen LogP contribution in [0, 0.1) is 0 Å². The number of anilines is 3. The number of rotatable bonds is 6. The third-order valence-corrected chi connectivity index (χ3v) is 2.63. The van der Waals surface area contributed by atoms with Crippen LogP contribution >= 0.6 is 0 Å². The molecule has 130 valence electrons. The molecule has 4 N–H and O–H groups in total. The van der Waals surface area contributed by atoms with Crippen LogP contribution < -0.4 is 16.0 Å². The van der Waals surface area contributed by atoms with E-state index in [0.29, 0.717) is 17.1 Å². The van der Waals surface area contributed by atoms with Crippen molar-refractivity contribution in [1.82, 2.24) is 0 Å². The molecule has 0 saturated heterocycles. The SMILES string of the molecule is C=CC(=O)Nc1ccc(NC(O)C=C)c(NC(=O)OC(C)(C)C)c1. The summed E-state index contributed by atoms with van der Waals surface area (Å²) in [7, 11) is 0. The summed E-state index contributed by atoms with van der Waals surface area (Å²) in [5.41, 5.74) is 0.550. The summed E-state index contributed by atoms with van der Waals surface area (Å²) in [6.07, 6.45) is 0.767. The van der Waals surface area contributed by atoms with Crippen molar-refractivity contribution in [3.63, 3.8) is 0 Å². The second-order valence-corrected chi connectivity index (χ2v) is 5.91. The number of hydrogen-bond donors (Lipinski definition) is 4. The van der Waals surface area contributed by atoms with Crippen LogP contribution in [-0.2, 0) is 9.53 Å². The molecule has 1 atom stereocenters. The average Bonchev–Trinajstić information content (AvgIpc) is 2.47. The highest BCUT2D eigenvalue weighted by atomic mass is 16.6. The average molecular weight is 333 g/mol. The molecule has 1 aromatic rings. The molecule has 1 unspecified atom stereocenters. The minimum Gasteiger partial charge on any atom is -0.444 e. The van der Waals surface area contributed by atoms with Gasteiger partial charge in [-0.3, -0.25) is 10.1 Å². The molecule has 0 radical (unpaired) electrons. The number of aliphatic hydroxyl groups is 1. The second kappa shape index (κ2) is 8.16. The number of carbonyl (C=O) groups excluding carboxylic acids is 2. The molecule has 24 heavy (non-hydrogen) atoms. The van der Waals surface area contributed by atoms with Crippen LogP contribution in [0.4, 0.5) is 21.9 Å². The maximum atomic E-state index is 12.0. The van der Waals surface area contributed by atoms with Gasteiger partial charge in [0, 0.05) is 5.69 Å². The van der Waals surface area contributed by atoms with Crippen molar-refractivity contribution in [1.29, 1.82) is 0 Å². The summed E-state index contributed by atoms with van der Waals surface area (Å²) >= 11 is 0. The van der Waals surface area contributed by atoms with Gasteiger partial charge in [-0.1, -0.05) is 13.2 Å². The molecular weight excluding hydrogens is 310 g/mol. The fourth-order valence-electron chi connectivity index (χ4n) is 1.68. The normalized spacial score (nSPS) is 11.8. The van der Waals surface area contributed by atoms with Crippen LogP contribution in [0.5, 0.6) is 0 Å². The van der Waals surface area contributed by atoms with Crippen LogP contribution in [0.1, 0.15) is 20.8 Å². The van der Waals surface area contributed by atoms with E-state index in [4.69, 9.17) is 4.74 Å². The van der Waals surface area contributed by atoms with Gasteiger partial charge in [-0.05, 0) is 51.1 Å². The van der Waals surface area contributed by atoms with E-state index in [-0.39, 0.29) is 5.91 Å². The van der Waals surface area contributed by atoms with Crippen molar-refractivity contribution in [2.75, 3.05) is 16.0 Å². The molecule has 7 nitrogen and oxygen atoms in total. The molecule has 0 bridgehead atoms. The molecule has 0 aromatic heterocycles. The van der Waals surface area contributed by atoms with Gasteiger partial charge in [0.05, 0.1) is 11.4 Å². The predicted octanol–water partition coefficient (Wildman–Crippen LogP) is 3.07. The van der Waals surface area contributed by atoms with Gasteiger partial charge in [-0.25, -0.2) is 4.79 Å². The summed E-state index contributed by atoms with van der Waals surface area (Å²) < 4.78 is 5.21. The quantitative estimate of drug-likeness (QED) is 0.364. The Morgan fingerprint density at radius 1 is 1.21 bits per heavy atom. The van der Waals surface area contributed by atoms with Crippen LogP contribution in [0.2, 0.25) is 0 Å². The Bertz CT molecular complexity index is 635.